The predicted molar refractivity (Wildman–Crippen MR) is 346 cm³/mol. The van der Waals surface area contributed by atoms with Gasteiger partial charge in [0.2, 0.25) is 5.91 Å². The van der Waals surface area contributed by atoms with Crippen molar-refractivity contribution in [3.8, 4) is 0 Å². The van der Waals surface area contributed by atoms with Gasteiger partial charge in [-0.05, 0) is 57.8 Å². The molecule has 1 amide bonds. The molecule has 0 aromatic heterocycles. The van der Waals surface area contributed by atoms with Crippen molar-refractivity contribution >= 4 is 5.91 Å². The highest BCUT2D eigenvalue weighted by atomic mass is 16.8. The first-order valence-corrected chi connectivity index (χ1v) is 35.0. The molecule has 3 heterocycles. The van der Waals surface area contributed by atoms with Crippen molar-refractivity contribution in [1.82, 2.24) is 5.32 Å². The summed E-state index contributed by atoms with van der Waals surface area (Å²) in [6, 6.07) is -0.973. The average Bonchev–Trinajstić information content (AvgIpc) is 1.92. The number of unbranched alkanes of at least 4 members (excludes halogenated alkanes) is 29. The Labute approximate surface area is 535 Å². The van der Waals surface area contributed by atoms with E-state index < -0.39 is 124 Å². The van der Waals surface area contributed by atoms with Crippen molar-refractivity contribution < 1.29 is 89.4 Å². The topological polar surface area (TPSA) is 307 Å². The van der Waals surface area contributed by atoms with Crippen molar-refractivity contribution in [2.75, 3.05) is 26.4 Å². The highest BCUT2D eigenvalue weighted by Crippen LogP contribution is 2.33. The molecule has 3 rings (SSSR count). The van der Waals surface area contributed by atoms with Crippen molar-refractivity contribution in [2.45, 2.75) is 349 Å². The van der Waals surface area contributed by atoms with Crippen LogP contribution in [0.3, 0.4) is 0 Å². The zero-order valence-corrected chi connectivity index (χ0v) is 54.6. The molecule has 17 atom stereocenters. The minimum Gasteiger partial charge on any atom is -0.394 e. The molecule has 19 heteroatoms. The normalized spacial score (nSPS) is 28.6. The van der Waals surface area contributed by atoms with Gasteiger partial charge in [0.25, 0.3) is 0 Å². The molecule has 0 spiro atoms. The first-order chi connectivity index (χ1) is 43.3. The summed E-state index contributed by atoms with van der Waals surface area (Å²) in [6.07, 6.45) is 36.4. The summed E-state index contributed by atoms with van der Waals surface area (Å²) in [5, 5.41) is 120. The predicted octanol–water partition coefficient (Wildman–Crippen LogP) is 9.16. The monoisotopic (exact) mass is 1270 g/mol. The molecule has 17 unspecified atom stereocenters. The Hall–Kier alpha value is -2.51. The fourth-order valence-electron chi connectivity index (χ4n) is 11.7. The first kappa shape index (κ1) is 80.7. The lowest BCUT2D eigenvalue weighted by Crippen LogP contribution is -2.66. The summed E-state index contributed by atoms with van der Waals surface area (Å²) in [5.41, 5.74) is 0. The second kappa shape index (κ2) is 51.8. The number of hydrogen-bond donors (Lipinski definition) is 12. The summed E-state index contributed by atoms with van der Waals surface area (Å²) in [6.45, 7) is 1.62. The minimum absolute atomic E-state index is 0.243. The fraction of sp³-hybridized carbons (Fsp3) is 0.843. The fourth-order valence-corrected chi connectivity index (χ4v) is 11.7. The number of rotatable bonds is 53. The molecular formula is C70H125NO18. The summed E-state index contributed by atoms with van der Waals surface area (Å²) >= 11 is 0. The molecule has 0 aromatic carbocycles. The Kier molecular flexibility index (Phi) is 47.0. The lowest BCUT2D eigenvalue weighted by Gasteiger charge is -2.48. The molecule has 0 aromatic rings. The number of aliphatic hydroxyl groups is 11. The van der Waals surface area contributed by atoms with Gasteiger partial charge >= 0.3 is 0 Å². The van der Waals surface area contributed by atoms with Gasteiger partial charge in [-0.25, -0.2) is 0 Å². The third-order valence-electron chi connectivity index (χ3n) is 17.3. The third-order valence-corrected chi connectivity index (χ3v) is 17.3. The molecule has 3 saturated heterocycles. The smallest absolute Gasteiger partial charge is 0.220 e. The van der Waals surface area contributed by atoms with E-state index in [4.69, 9.17) is 28.4 Å². The van der Waals surface area contributed by atoms with E-state index in [0.29, 0.717) is 6.42 Å². The molecule has 3 aliphatic heterocycles. The number of nitrogens with one attached hydrogen (secondary N) is 1. The summed E-state index contributed by atoms with van der Waals surface area (Å²) in [4.78, 5) is 13.4. The van der Waals surface area contributed by atoms with Crippen molar-refractivity contribution in [3.63, 3.8) is 0 Å². The molecular weight excluding hydrogens is 1140 g/mol. The second-order valence-corrected chi connectivity index (χ2v) is 25.0. The number of allylic oxidation sites excluding steroid dienone is 9. The number of ether oxygens (including phenoxy) is 6. The highest BCUT2D eigenvalue weighted by molar-refractivity contribution is 5.76. The van der Waals surface area contributed by atoms with Crippen LogP contribution in [0.4, 0.5) is 0 Å². The van der Waals surface area contributed by atoms with Crippen LogP contribution in [0, 0.1) is 0 Å². The van der Waals surface area contributed by atoms with Crippen LogP contribution >= 0.6 is 0 Å². The van der Waals surface area contributed by atoms with Gasteiger partial charge in [0, 0.05) is 6.42 Å². The Morgan fingerprint density at radius 1 is 0.416 bits per heavy atom. The van der Waals surface area contributed by atoms with Crippen LogP contribution in [-0.2, 0) is 33.2 Å². The molecule has 0 bridgehead atoms. The van der Waals surface area contributed by atoms with Crippen molar-refractivity contribution in [2.24, 2.45) is 0 Å². The maximum absolute atomic E-state index is 13.4. The number of aliphatic hydroxyl groups excluding tert-OH is 11. The van der Waals surface area contributed by atoms with Gasteiger partial charge in [-0.3, -0.25) is 4.79 Å². The molecule has 89 heavy (non-hydrogen) atoms. The zero-order chi connectivity index (χ0) is 64.7. The Morgan fingerprint density at radius 3 is 1.21 bits per heavy atom. The van der Waals surface area contributed by atoms with E-state index in [1.54, 1.807) is 6.08 Å². The lowest BCUT2D eigenvalue weighted by molar-refractivity contribution is -0.379. The van der Waals surface area contributed by atoms with Crippen LogP contribution in [0.1, 0.15) is 245 Å². The average molecular weight is 1270 g/mol. The zero-order valence-electron chi connectivity index (χ0n) is 54.6. The van der Waals surface area contributed by atoms with Gasteiger partial charge < -0.3 is 89.9 Å². The standard InChI is InChI=1S/C70H125NO18/c1-3-5-7-9-11-13-15-17-18-19-20-21-22-23-24-25-26-27-28-29-30-31-32-33-34-36-38-40-42-44-46-48-58(76)71-53(54(75)47-45-43-41-39-37-35-16-14-12-10-8-6-4-2)52-84-68-64(82)61(79)66(56(50-73)86-68)89-70-65(83)62(80)67(57(51-74)87-70)88-69-63(81)60(78)59(77)55(49-72)85-69/h5,7,11,13,17-18,20-21,45,47,53-57,59-70,72-75,77-83H,3-4,6,8-10,12,14-16,19,22-44,46,48-52H2,1-2H3,(H,71,76)/b7-5-,13-11-,18-17-,21-20-,47-45+. The van der Waals surface area contributed by atoms with Gasteiger partial charge in [-0.15, -0.1) is 0 Å². The van der Waals surface area contributed by atoms with Gasteiger partial charge in [0.1, 0.15) is 73.2 Å². The van der Waals surface area contributed by atoms with Crippen molar-refractivity contribution in [3.05, 3.63) is 60.8 Å². The largest absolute Gasteiger partial charge is 0.394 e. The number of hydrogen-bond acceptors (Lipinski definition) is 18. The van der Waals surface area contributed by atoms with Crippen LogP contribution < -0.4 is 5.32 Å². The molecule has 518 valence electrons. The van der Waals surface area contributed by atoms with E-state index in [1.807, 2.05) is 6.08 Å². The molecule has 3 aliphatic rings. The SMILES string of the molecule is CC/C=C\C/C=C\C/C=C\C/C=C\CCCCCCCCCCCCCCCCCCCCC(=O)NC(COC1OC(CO)C(OC2OC(CO)C(OC3OC(CO)C(O)C(O)C3O)C(O)C2O)C(O)C1O)C(O)/C=C/CCCCCCCCCCCCC. The molecule has 0 radical (unpaired) electrons. The summed E-state index contributed by atoms with van der Waals surface area (Å²) in [7, 11) is 0. The Morgan fingerprint density at radius 2 is 0.775 bits per heavy atom. The van der Waals surface area contributed by atoms with Crippen LogP contribution in [0.2, 0.25) is 0 Å². The van der Waals surface area contributed by atoms with E-state index in [2.05, 4.69) is 67.8 Å². The van der Waals surface area contributed by atoms with E-state index in [1.165, 1.54) is 148 Å². The summed E-state index contributed by atoms with van der Waals surface area (Å²) < 4.78 is 34.3. The second-order valence-electron chi connectivity index (χ2n) is 25.0. The van der Waals surface area contributed by atoms with Crippen LogP contribution in [0.15, 0.2) is 60.8 Å². The molecule has 0 saturated carbocycles. The van der Waals surface area contributed by atoms with Crippen molar-refractivity contribution in [1.29, 1.82) is 0 Å². The molecule has 12 N–H and O–H groups in total. The van der Waals surface area contributed by atoms with E-state index in [-0.39, 0.29) is 18.9 Å². The molecule has 0 aliphatic carbocycles. The maximum atomic E-state index is 13.4. The highest BCUT2D eigenvalue weighted by Gasteiger charge is 2.53. The molecule has 3 fully saturated rings. The van der Waals surface area contributed by atoms with Crippen LogP contribution in [-0.4, -0.2) is 193 Å². The number of amides is 1. The maximum Gasteiger partial charge on any atom is 0.220 e. The quantitative estimate of drug-likeness (QED) is 0.0199. The van der Waals surface area contributed by atoms with E-state index in [0.717, 1.165) is 70.6 Å². The van der Waals surface area contributed by atoms with Gasteiger partial charge in [0.05, 0.1) is 38.6 Å². The number of carbonyl (C=O) groups excluding carboxylic acids is 1. The van der Waals surface area contributed by atoms with Crippen LogP contribution in [0.25, 0.3) is 0 Å². The van der Waals surface area contributed by atoms with Crippen LogP contribution in [0.5, 0.6) is 0 Å². The van der Waals surface area contributed by atoms with Gasteiger partial charge in [-0.2, -0.15) is 0 Å². The first-order valence-electron chi connectivity index (χ1n) is 35.0. The summed E-state index contributed by atoms with van der Waals surface area (Å²) in [5.74, 6) is -0.275. The Balaban J connectivity index is 1.37. The van der Waals surface area contributed by atoms with E-state index in [9.17, 15) is 61.0 Å². The lowest BCUT2D eigenvalue weighted by atomic mass is 9.96. The third kappa shape index (κ3) is 33.9. The minimum atomic E-state index is -1.98. The molecule has 19 nitrogen and oxygen atoms in total. The van der Waals surface area contributed by atoms with Gasteiger partial charge in [0.15, 0.2) is 18.9 Å². The number of carbonyl (C=O) groups is 1. The van der Waals surface area contributed by atoms with E-state index >= 15 is 0 Å². The Bertz CT molecular complexity index is 1850. The van der Waals surface area contributed by atoms with Gasteiger partial charge in [-0.1, -0.05) is 242 Å².